The smallest absolute Gasteiger partial charge is 0.266 e. The van der Waals surface area contributed by atoms with Crippen LogP contribution in [0, 0.1) is 0 Å². The second-order valence-electron chi connectivity index (χ2n) is 5.59. The highest BCUT2D eigenvalue weighted by molar-refractivity contribution is 5.90. The van der Waals surface area contributed by atoms with Gasteiger partial charge < -0.3 is 23.0 Å². The summed E-state index contributed by atoms with van der Waals surface area (Å²) in [6.07, 6.45) is 5.26. The van der Waals surface area contributed by atoms with Gasteiger partial charge in [0, 0.05) is 11.4 Å². The maximum atomic E-state index is 12.0. The van der Waals surface area contributed by atoms with E-state index >= 15 is 0 Å². The summed E-state index contributed by atoms with van der Waals surface area (Å²) in [6.45, 7) is 0.365. The molecule has 0 saturated carbocycles. The Morgan fingerprint density at radius 2 is 1.38 bits per heavy atom. The molecule has 0 radical (unpaired) electrons. The van der Waals surface area contributed by atoms with E-state index in [1.165, 1.54) is 0 Å². The second-order valence-corrected chi connectivity index (χ2v) is 5.59. The van der Waals surface area contributed by atoms with Crippen LogP contribution in [0.3, 0.4) is 0 Å². The van der Waals surface area contributed by atoms with Crippen LogP contribution in [0.1, 0.15) is 0 Å². The average molecular weight is 371 g/mol. The number of para-hydroxylation sites is 2. The van der Waals surface area contributed by atoms with E-state index in [0.717, 1.165) is 11.4 Å². The Kier molecular flexibility index (Phi) is 6.93. The molecule has 0 unspecified atom stereocenters. The highest BCUT2D eigenvalue weighted by Gasteiger charge is 2.12. The predicted molar refractivity (Wildman–Crippen MR) is 94.8 cm³/mol. The summed E-state index contributed by atoms with van der Waals surface area (Å²) in [5.74, 6) is -0.245. The zero-order valence-electron chi connectivity index (χ0n) is 14.0. The quantitative estimate of drug-likeness (QED) is 0.550. The molecule has 134 valence electrons. The van der Waals surface area contributed by atoms with E-state index in [-0.39, 0.29) is 37.3 Å². The van der Waals surface area contributed by atoms with Crippen LogP contribution >= 0.6 is 0 Å². The minimum Gasteiger partial charge on any atom is -1.00 e. The lowest BCUT2D eigenvalue weighted by Gasteiger charge is -2.03. The molecule has 2 aromatic carbocycles. The van der Waals surface area contributed by atoms with Crippen molar-refractivity contribution in [2.24, 2.45) is 0 Å². The van der Waals surface area contributed by atoms with Gasteiger partial charge in [-0.25, -0.2) is 9.13 Å². The van der Waals surface area contributed by atoms with Gasteiger partial charge in [0.05, 0.1) is 0 Å². The van der Waals surface area contributed by atoms with Crippen molar-refractivity contribution in [3.05, 3.63) is 79.4 Å². The lowest BCUT2D eigenvalue weighted by Crippen LogP contribution is -3.00. The summed E-state index contributed by atoms with van der Waals surface area (Å²) in [4.78, 5) is 24.1. The van der Waals surface area contributed by atoms with E-state index < -0.39 is 0 Å². The van der Waals surface area contributed by atoms with Crippen LogP contribution in [0.5, 0.6) is 0 Å². The van der Waals surface area contributed by atoms with Gasteiger partial charge in [0.1, 0.15) is 12.4 Å². The molecule has 1 heterocycles. The van der Waals surface area contributed by atoms with Crippen molar-refractivity contribution in [1.29, 1.82) is 0 Å². The van der Waals surface area contributed by atoms with E-state index in [1.54, 1.807) is 27.9 Å². The standard InChI is InChI=1S/C19H18N4O2.ClH/c24-18(20-16-7-3-1-4-8-16)13-22-11-12-23(15-22)14-19(25)21-17-9-5-2-6-10-17;/h1-12,15H,13-14H2,(H-,20,21,24,25);1H. The number of nitrogens with one attached hydrogen (secondary N) is 2. The summed E-state index contributed by atoms with van der Waals surface area (Å²) in [6, 6.07) is 18.6. The number of rotatable bonds is 6. The highest BCUT2D eigenvalue weighted by Crippen LogP contribution is 2.05. The number of carbonyl (C=O) groups is 2. The molecule has 0 aliphatic rings. The first-order valence-electron chi connectivity index (χ1n) is 7.94. The first-order valence-corrected chi connectivity index (χ1v) is 7.94. The summed E-state index contributed by atoms with van der Waals surface area (Å²) in [5.41, 5.74) is 1.52. The lowest BCUT2D eigenvalue weighted by molar-refractivity contribution is -0.683. The fraction of sp³-hybridized carbons (Fsp3) is 0.105. The molecular weight excluding hydrogens is 352 g/mol. The van der Waals surface area contributed by atoms with Crippen molar-refractivity contribution in [3.8, 4) is 0 Å². The Labute approximate surface area is 157 Å². The van der Waals surface area contributed by atoms with Crippen molar-refractivity contribution in [3.63, 3.8) is 0 Å². The highest BCUT2D eigenvalue weighted by atomic mass is 35.5. The lowest BCUT2D eigenvalue weighted by atomic mass is 10.3. The molecule has 0 bridgehead atoms. The minimum absolute atomic E-state index is 0. The maximum Gasteiger partial charge on any atom is 0.266 e. The number of amides is 2. The Bertz CT molecular complexity index is 780. The van der Waals surface area contributed by atoms with Crippen molar-refractivity contribution in [1.82, 2.24) is 4.57 Å². The van der Waals surface area contributed by atoms with Gasteiger partial charge in [-0.3, -0.25) is 9.59 Å². The van der Waals surface area contributed by atoms with Gasteiger partial charge in [-0.2, -0.15) is 0 Å². The summed E-state index contributed by atoms with van der Waals surface area (Å²) < 4.78 is 3.46. The Hall–Kier alpha value is -3.12. The van der Waals surface area contributed by atoms with Gasteiger partial charge >= 0.3 is 0 Å². The topological polar surface area (TPSA) is 67.0 Å². The number of nitrogens with zero attached hydrogens (tertiary/aromatic N) is 2. The van der Waals surface area contributed by atoms with Crippen LogP contribution in [-0.2, 0) is 22.7 Å². The Morgan fingerprint density at radius 3 is 1.96 bits per heavy atom. The normalized spacial score (nSPS) is 9.85. The Balaban J connectivity index is 0.00000243. The van der Waals surface area contributed by atoms with Gasteiger partial charge in [0.15, 0.2) is 13.1 Å². The molecule has 26 heavy (non-hydrogen) atoms. The molecule has 2 amide bonds. The second kappa shape index (κ2) is 9.39. The van der Waals surface area contributed by atoms with E-state index in [9.17, 15) is 9.59 Å². The van der Waals surface area contributed by atoms with Crippen molar-refractivity contribution in [2.75, 3.05) is 10.6 Å². The number of hydrogen-bond donors (Lipinski definition) is 2. The molecule has 1 aromatic heterocycles. The van der Waals surface area contributed by atoms with Crippen LogP contribution in [0.4, 0.5) is 11.4 Å². The molecule has 6 nitrogen and oxygen atoms in total. The molecule has 0 atom stereocenters. The predicted octanol–water partition coefficient (Wildman–Crippen LogP) is -0.943. The first-order chi connectivity index (χ1) is 12.2. The van der Waals surface area contributed by atoms with Crippen molar-refractivity contribution in [2.45, 2.75) is 13.1 Å². The van der Waals surface area contributed by atoms with Gasteiger partial charge in [-0.15, -0.1) is 0 Å². The molecule has 3 rings (SSSR count). The number of benzene rings is 2. The van der Waals surface area contributed by atoms with E-state index in [4.69, 9.17) is 0 Å². The molecule has 7 heteroatoms. The molecule has 0 saturated heterocycles. The SMILES string of the molecule is O=C(Cn1cc[n+](CC(=O)Nc2ccccc2)c1)Nc1ccccc1.[Cl-]. The van der Waals surface area contributed by atoms with Gasteiger partial charge in [0.25, 0.3) is 11.8 Å². The van der Waals surface area contributed by atoms with E-state index in [2.05, 4.69) is 10.6 Å². The number of anilines is 2. The van der Waals surface area contributed by atoms with Crippen LogP contribution in [-0.4, -0.2) is 16.4 Å². The molecule has 3 aromatic rings. The first kappa shape index (κ1) is 19.2. The zero-order valence-corrected chi connectivity index (χ0v) is 14.8. The van der Waals surface area contributed by atoms with Gasteiger partial charge in [-0.05, 0) is 24.3 Å². The fourth-order valence-corrected chi connectivity index (χ4v) is 2.40. The van der Waals surface area contributed by atoms with Gasteiger partial charge in [-0.1, -0.05) is 36.4 Å². The number of halogens is 1. The molecular formula is C19H19ClN4O2. The summed E-state index contributed by atoms with van der Waals surface area (Å²) in [5, 5.41) is 5.65. The number of imidazole rings is 1. The summed E-state index contributed by atoms with van der Waals surface area (Å²) in [7, 11) is 0. The third-order valence-corrected chi connectivity index (χ3v) is 3.51. The van der Waals surface area contributed by atoms with Crippen molar-refractivity contribution < 1.29 is 26.6 Å². The maximum absolute atomic E-state index is 12.0. The minimum atomic E-state index is -0.123. The number of hydrogen-bond acceptors (Lipinski definition) is 2. The fourth-order valence-electron chi connectivity index (χ4n) is 2.40. The number of aromatic nitrogens is 2. The Morgan fingerprint density at radius 1 is 0.846 bits per heavy atom. The van der Waals surface area contributed by atoms with Gasteiger partial charge in [0.2, 0.25) is 6.33 Å². The third-order valence-electron chi connectivity index (χ3n) is 3.51. The van der Waals surface area contributed by atoms with E-state index in [0.29, 0.717) is 0 Å². The van der Waals surface area contributed by atoms with Crippen LogP contribution in [0.2, 0.25) is 0 Å². The average Bonchev–Trinajstić information content (AvgIpc) is 3.03. The molecule has 0 fully saturated rings. The van der Waals surface area contributed by atoms with Crippen molar-refractivity contribution >= 4 is 23.2 Å². The molecule has 0 spiro atoms. The monoisotopic (exact) mass is 370 g/mol. The van der Waals surface area contributed by atoms with E-state index in [1.807, 2.05) is 60.7 Å². The largest absolute Gasteiger partial charge is 1.00 e. The molecule has 2 N–H and O–H groups in total. The van der Waals surface area contributed by atoms with Crippen LogP contribution in [0.15, 0.2) is 79.4 Å². The summed E-state index contributed by atoms with van der Waals surface area (Å²) >= 11 is 0. The van der Waals surface area contributed by atoms with Crippen LogP contribution in [0.25, 0.3) is 0 Å². The number of carbonyl (C=O) groups excluding carboxylic acids is 2. The molecule has 0 aliphatic carbocycles. The third kappa shape index (κ3) is 5.75. The molecule has 0 aliphatic heterocycles. The van der Waals surface area contributed by atoms with Crippen LogP contribution < -0.4 is 27.6 Å². The zero-order chi connectivity index (χ0) is 17.5.